The van der Waals surface area contributed by atoms with Crippen molar-refractivity contribution in [2.24, 2.45) is 7.05 Å². The Hall–Kier alpha value is -2.59. The summed E-state index contributed by atoms with van der Waals surface area (Å²) in [5, 5.41) is 8.07. The third kappa shape index (κ3) is 3.83. The van der Waals surface area contributed by atoms with Gasteiger partial charge in [0.25, 0.3) is 0 Å². The monoisotopic (exact) mass is 404 g/mol. The van der Waals surface area contributed by atoms with Gasteiger partial charge in [0.2, 0.25) is 17.7 Å². The van der Waals surface area contributed by atoms with Crippen LogP contribution in [0.3, 0.4) is 0 Å². The summed E-state index contributed by atoms with van der Waals surface area (Å²) in [6.45, 7) is 4.55. The Bertz CT molecular complexity index is 1020. The molecule has 0 spiro atoms. The van der Waals surface area contributed by atoms with Crippen molar-refractivity contribution >= 4 is 33.3 Å². The van der Waals surface area contributed by atoms with Gasteiger partial charge in [-0.1, -0.05) is 11.3 Å². The van der Waals surface area contributed by atoms with Crippen LogP contribution in [0, 0.1) is 5.95 Å². The number of aryl methyl sites for hydroxylation is 1. The number of carbonyl (C=O) groups excluding carboxylic acids is 1. The number of ether oxygens (including phenoxy) is 1. The normalized spacial score (nSPS) is 20.0. The number of anilines is 1. The molecule has 10 heteroatoms. The molecule has 1 saturated heterocycles. The summed E-state index contributed by atoms with van der Waals surface area (Å²) in [6, 6.07) is 2.08. The van der Waals surface area contributed by atoms with Crippen LogP contribution in [-0.2, 0) is 18.4 Å². The fourth-order valence-electron chi connectivity index (χ4n) is 3.46. The minimum absolute atomic E-state index is 0.0425. The molecule has 1 amide bonds. The molecule has 0 radical (unpaired) electrons. The Balaban J connectivity index is 1.45. The Morgan fingerprint density at radius 1 is 1.50 bits per heavy atom. The van der Waals surface area contributed by atoms with Gasteiger partial charge in [0.05, 0.1) is 15.8 Å². The molecule has 0 aliphatic carbocycles. The van der Waals surface area contributed by atoms with E-state index in [1.54, 1.807) is 10.9 Å². The predicted molar refractivity (Wildman–Crippen MR) is 104 cm³/mol. The molecule has 28 heavy (non-hydrogen) atoms. The highest BCUT2D eigenvalue weighted by atomic mass is 32.1. The van der Waals surface area contributed by atoms with E-state index in [0.29, 0.717) is 23.8 Å². The molecule has 4 heterocycles. The van der Waals surface area contributed by atoms with Gasteiger partial charge < -0.3 is 10.1 Å². The van der Waals surface area contributed by atoms with Crippen molar-refractivity contribution < 1.29 is 13.9 Å². The largest absolute Gasteiger partial charge is 0.472 e. The first-order chi connectivity index (χ1) is 13.4. The van der Waals surface area contributed by atoms with E-state index in [2.05, 4.69) is 32.2 Å². The van der Waals surface area contributed by atoms with Crippen LogP contribution in [0.1, 0.15) is 25.1 Å². The molecule has 1 fully saturated rings. The molecule has 0 bridgehead atoms. The molecule has 0 aromatic carbocycles. The molecule has 1 N–H and O–H groups in total. The van der Waals surface area contributed by atoms with Gasteiger partial charge in [-0.25, -0.2) is 4.98 Å². The molecule has 1 aliphatic heterocycles. The number of pyridine rings is 1. The number of fused-ring (bicyclic) bond motifs is 1. The number of aromatic nitrogens is 4. The van der Waals surface area contributed by atoms with Crippen LogP contribution in [0.15, 0.2) is 18.5 Å². The topological polar surface area (TPSA) is 85.2 Å². The van der Waals surface area contributed by atoms with Gasteiger partial charge in [-0.15, -0.1) is 0 Å². The third-order valence-corrected chi connectivity index (χ3v) is 5.67. The summed E-state index contributed by atoms with van der Waals surface area (Å²) < 4.78 is 22.0. The molecule has 3 aromatic rings. The zero-order valence-corrected chi connectivity index (χ0v) is 16.7. The average molecular weight is 404 g/mol. The first-order valence-electron chi connectivity index (χ1n) is 9.01. The van der Waals surface area contributed by atoms with E-state index in [-0.39, 0.29) is 23.2 Å². The maximum atomic E-state index is 14.1. The Kier molecular flexibility index (Phi) is 4.98. The highest BCUT2D eigenvalue weighted by Crippen LogP contribution is 2.30. The number of amides is 1. The van der Waals surface area contributed by atoms with E-state index in [9.17, 15) is 9.18 Å². The summed E-state index contributed by atoms with van der Waals surface area (Å²) in [4.78, 5) is 21.9. The number of halogens is 1. The van der Waals surface area contributed by atoms with E-state index in [4.69, 9.17) is 4.74 Å². The lowest BCUT2D eigenvalue weighted by Gasteiger charge is -2.19. The lowest BCUT2D eigenvalue weighted by molar-refractivity contribution is -0.114. The van der Waals surface area contributed by atoms with Gasteiger partial charge >= 0.3 is 0 Å². The standard InChI is InChI=1S/C18H21FN6O2S/c1-10-6-12(27-17-13-8-24(3)23-14(13)4-5-20-17)7-25(10)9-15-16(19)22-18(28-15)21-11(2)26/h4-5,8,10,12H,6-7,9H2,1-3H3,(H,21,22,26)/t10-,12+/m0/s1. The van der Waals surface area contributed by atoms with Crippen LogP contribution < -0.4 is 10.1 Å². The maximum Gasteiger partial charge on any atom is 0.230 e. The smallest absolute Gasteiger partial charge is 0.230 e. The Labute approximate surface area is 165 Å². The lowest BCUT2D eigenvalue weighted by Crippen LogP contribution is -2.28. The Morgan fingerprint density at radius 3 is 3.11 bits per heavy atom. The lowest BCUT2D eigenvalue weighted by atomic mass is 10.2. The molecule has 148 valence electrons. The van der Waals surface area contributed by atoms with Crippen molar-refractivity contribution in [1.29, 1.82) is 0 Å². The summed E-state index contributed by atoms with van der Waals surface area (Å²) in [5.41, 5.74) is 0.840. The van der Waals surface area contributed by atoms with Crippen molar-refractivity contribution in [3.8, 4) is 5.88 Å². The first-order valence-corrected chi connectivity index (χ1v) is 9.82. The van der Waals surface area contributed by atoms with Gasteiger partial charge in [0, 0.05) is 51.9 Å². The summed E-state index contributed by atoms with van der Waals surface area (Å²) in [5.74, 6) is -0.228. The number of carbonyl (C=O) groups is 1. The number of likely N-dealkylation sites (tertiary alicyclic amines) is 1. The molecule has 2 atom stereocenters. The number of nitrogens with zero attached hydrogens (tertiary/aromatic N) is 5. The fourth-order valence-corrected chi connectivity index (χ4v) is 4.38. The fraction of sp³-hybridized carbons (Fsp3) is 0.444. The van der Waals surface area contributed by atoms with E-state index in [1.165, 1.54) is 6.92 Å². The predicted octanol–water partition coefficient (Wildman–Crippen LogP) is 2.56. The number of thiazole rings is 1. The van der Waals surface area contributed by atoms with E-state index < -0.39 is 5.95 Å². The van der Waals surface area contributed by atoms with Gasteiger partial charge in [-0.3, -0.25) is 14.4 Å². The quantitative estimate of drug-likeness (QED) is 0.704. The number of hydrogen-bond donors (Lipinski definition) is 1. The Morgan fingerprint density at radius 2 is 2.32 bits per heavy atom. The van der Waals surface area contributed by atoms with Gasteiger partial charge in [-0.05, 0) is 13.0 Å². The van der Waals surface area contributed by atoms with E-state index in [1.807, 2.05) is 19.3 Å². The molecule has 0 saturated carbocycles. The average Bonchev–Trinajstić information content (AvgIpc) is 3.25. The number of hydrogen-bond acceptors (Lipinski definition) is 7. The summed E-state index contributed by atoms with van der Waals surface area (Å²) >= 11 is 1.16. The van der Waals surface area contributed by atoms with Crippen molar-refractivity contribution in [2.45, 2.75) is 39.0 Å². The second kappa shape index (κ2) is 7.44. The van der Waals surface area contributed by atoms with Crippen molar-refractivity contribution in [2.75, 3.05) is 11.9 Å². The molecule has 0 unspecified atom stereocenters. The molecule has 4 rings (SSSR count). The zero-order chi connectivity index (χ0) is 19.8. The molecule has 3 aromatic heterocycles. The minimum Gasteiger partial charge on any atom is -0.472 e. The van der Waals surface area contributed by atoms with Gasteiger partial charge in [0.1, 0.15) is 6.10 Å². The minimum atomic E-state index is -0.535. The maximum absolute atomic E-state index is 14.1. The molecule has 1 aliphatic rings. The van der Waals surface area contributed by atoms with Crippen molar-refractivity contribution in [3.05, 3.63) is 29.3 Å². The number of nitrogens with one attached hydrogen (secondary N) is 1. The van der Waals surface area contributed by atoms with Crippen molar-refractivity contribution in [1.82, 2.24) is 24.6 Å². The molecule has 8 nitrogen and oxygen atoms in total. The number of rotatable bonds is 5. The summed E-state index contributed by atoms with van der Waals surface area (Å²) in [6.07, 6.45) is 4.36. The first kappa shape index (κ1) is 18.8. The molecular formula is C18H21FN6O2S. The van der Waals surface area contributed by atoms with Crippen LogP contribution >= 0.6 is 11.3 Å². The van der Waals surface area contributed by atoms with Gasteiger partial charge in [0.15, 0.2) is 5.13 Å². The van der Waals surface area contributed by atoms with Gasteiger partial charge in [-0.2, -0.15) is 14.5 Å². The highest BCUT2D eigenvalue weighted by Gasteiger charge is 2.32. The second-order valence-corrected chi connectivity index (χ2v) is 8.10. The van der Waals surface area contributed by atoms with Crippen molar-refractivity contribution in [3.63, 3.8) is 0 Å². The molecular weight excluding hydrogens is 383 g/mol. The van der Waals surface area contributed by atoms with Crippen LogP contribution in [0.4, 0.5) is 9.52 Å². The third-order valence-electron chi connectivity index (χ3n) is 4.74. The van der Waals surface area contributed by atoms with Crippen LogP contribution in [0.2, 0.25) is 0 Å². The van der Waals surface area contributed by atoms with Crippen LogP contribution in [0.5, 0.6) is 5.88 Å². The van der Waals surface area contributed by atoms with Crippen LogP contribution in [-0.4, -0.2) is 49.2 Å². The zero-order valence-electron chi connectivity index (χ0n) is 15.8. The van der Waals surface area contributed by atoms with Crippen LogP contribution in [0.25, 0.3) is 10.9 Å². The summed E-state index contributed by atoms with van der Waals surface area (Å²) in [7, 11) is 1.86. The SMILES string of the molecule is CC(=O)Nc1nc(F)c(CN2C[C@H](Oc3nccc4nn(C)cc34)C[C@@H]2C)s1. The van der Waals surface area contributed by atoms with E-state index >= 15 is 0 Å². The van der Waals surface area contributed by atoms with E-state index in [0.717, 1.165) is 28.7 Å². The second-order valence-electron chi connectivity index (χ2n) is 7.02. The highest BCUT2D eigenvalue weighted by molar-refractivity contribution is 7.15.